The maximum absolute atomic E-state index is 15.5. The second-order valence-corrected chi connectivity index (χ2v) is 13.1. The summed E-state index contributed by atoms with van der Waals surface area (Å²) in [5.74, 6) is -0.365. The van der Waals surface area contributed by atoms with Gasteiger partial charge in [-0.2, -0.15) is 0 Å². The number of hydrogen-bond acceptors (Lipinski definition) is 7. The molecule has 1 aromatic heterocycles. The molecule has 8 nitrogen and oxygen atoms in total. The number of anilines is 4. The number of nitrogen functional groups attached to an aromatic ring is 1. The van der Waals surface area contributed by atoms with Crippen molar-refractivity contribution in [3.63, 3.8) is 0 Å². The van der Waals surface area contributed by atoms with Crippen LogP contribution in [0.4, 0.5) is 27.1 Å². The van der Waals surface area contributed by atoms with Crippen LogP contribution in [0.1, 0.15) is 75.3 Å². The molecule has 5 N–H and O–H groups in total. The monoisotopic (exact) mass is 685 g/mol. The van der Waals surface area contributed by atoms with Crippen molar-refractivity contribution in [1.29, 1.82) is 0 Å². The van der Waals surface area contributed by atoms with E-state index < -0.39 is 0 Å². The van der Waals surface area contributed by atoms with Crippen molar-refractivity contribution in [2.45, 2.75) is 67.2 Å². The van der Waals surface area contributed by atoms with E-state index in [2.05, 4.69) is 77.2 Å². The second kappa shape index (κ2) is 18.6. The van der Waals surface area contributed by atoms with E-state index in [1.54, 1.807) is 6.92 Å². The topological polar surface area (TPSA) is 90.6 Å². The Bertz CT molecular complexity index is 1830. The highest BCUT2D eigenvalue weighted by Crippen LogP contribution is 2.42. The minimum atomic E-state index is -0.365. The van der Waals surface area contributed by atoms with Crippen LogP contribution < -0.4 is 27.1 Å². The van der Waals surface area contributed by atoms with E-state index in [0.29, 0.717) is 29.6 Å². The fraction of sp³-hybridized carbons (Fsp3) is 0.439. The minimum absolute atomic E-state index is 0.114. The average molecular weight is 686 g/mol. The summed E-state index contributed by atoms with van der Waals surface area (Å²) >= 11 is 0. The smallest absolute Gasteiger partial charge is 0.192 e. The molecule has 0 fully saturated rings. The van der Waals surface area contributed by atoms with Gasteiger partial charge in [-0.3, -0.25) is 4.79 Å². The highest BCUT2D eigenvalue weighted by atomic mass is 19.1. The first kappa shape index (κ1) is 40.1. The van der Waals surface area contributed by atoms with Gasteiger partial charge in [-0.15, -0.1) is 0 Å². The molecule has 0 radical (unpaired) electrons. The summed E-state index contributed by atoms with van der Waals surface area (Å²) < 4.78 is 17.6. The number of unbranched alkanes of at least 4 members (excludes halogenated alkanes) is 1. The number of aromatic nitrogens is 1. The lowest BCUT2D eigenvalue weighted by Crippen LogP contribution is -2.24. The Morgan fingerprint density at radius 2 is 1.60 bits per heavy atom. The van der Waals surface area contributed by atoms with Gasteiger partial charge in [0.25, 0.3) is 0 Å². The molecule has 6 rings (SSSR count). The van der Waals surface area contributed by atoms with Gasteiger partial charge in [0.1, 0.15) is 5.82 Å². The number of halogens is 1. The number of fused-ring (bicyclic) bond motifs is 4. The Balaban J connectivity index is 0.000000451. The van der Waals surface area contributed by atoms with Crippen molar-refractivity contribution in [2.75, 3.05) is 70.7 Å². The van der Waals surface area contributed by atoms with E-state index in [4.69, 9.17) is 5.73 Å². The van der Waals surface area contributed by atoms with Gasteiger partial charge < -0.3 is 36.1 Å². The van der Waals surface area contributed by atoms with Crippen LogP contribution in [-0.2, 0) is 12.8 Å². The minimum Gasteiger partial charge on any atom is -0.399 e. The molecule has 272 valence electrons. The number of nitrogens with one attached hydrogen (secondary N) is 3. The largest absolute Gasteiger partial charge is 0.399 e. The third kappa shape index (κ3) is 9.67. The number of hydrogen-bond donors (Lipinski definition) is 4. The second-order valence-electron chi connectivity index (χ2n) is 13.1. The molecule has 0 amide bonds. The standard InChI is InChI=1S/C30H32FN5O.C7H16N2.2C2H6/c1-17-16-36-27-14-19-10-18-11-21(32)6-7-25(18)34-26(19)13-20(27)12-22-28(33-8-4-5-9-35(2)3)24(31)15-23(29(22)36)30(17)37;1-7(2)8-5-6-9(3)4;2*1-2/h6-7,11,13-16,33-34H,4-5,8-10,12,32H2,1-3H3;8H,1,5-6H2,2-4H3;2*1-2H3. The summed E-state index contributed by atoms with van der Waals surface area (Å²) in [4.78, 5) is 17.4. The molecule has 2 aliphatic heterocycles. The third-order valence-corrected chi connectivity index (χ3v) is 8.55. The van der Waals surface area contributed by atoms with Crippen molar-refractivity contribution >= 4 is 33.7 Å². The number of allylic oxidation sites excluding steroid dienone is 1. The number of nitrogens with zero attached hydrogens (tertiary/aromatic N) is 3. The van der Waals surface area contributed by atoms with E-state index in [1.807, 2.05) is 59.0 Å². The van der Waals surface area contributed by atoms with E-state index in [0.717, 1.165) is 89.6 Å². The summed E-state index contributed by atoms with van der Waals surface area (Å²) in [5, 5.41) is 10.5. The van der Waals surface area contributed by atoms with Crippen molar-refractivity contribution in [2.24, 2.45) is 0 Å². The fourth-order valence-corrected chi connectivity index (χ4v) is 6.21. The quantitative estimate of drug-likeness (QED) is 0.0857. The van der Waals surface area contributed by atoms with Gasteiger partial charge in [0.2, 0.25) is 0 Å². The molecule has 50 heavy (non-hydrogen) atoms. The Morgan fingerprint density at radius 3 is 2.26 bits per heavy atom. The zero-order valence-electron chi connectivity index (χ0n) is 32.1. The first-order valence-corrected chi connectivity index (χ1v) is 18.0. The molecular weight excluding hydrogens is 625 g/mol. The highest BCUT2D eigenvalue weighted by molar-refractivity contribution is 5.92. The number of likely N-dealkylation sites (N-methyl/N-ethyl adjacent to an activating group) is 1. The van der Waals surface area contributed by atoms with Gasteiger partial charge in [0.15, 0.2) is 5.43 Å². The van der Waals surface area contributed by atoms with Crippen LogP contribution in [-0.4, -0.2) is 68.7 Å². The van der Waals surface area contributed by atoms with Crippen molar-refractivity contribution in [1.82, 2.24) is 19.7 Å². The number of rotatable bonds is 10. The van der Waals surface area contributed by atoms with Gasteiger partial charge >= 0.3 is 0 Å². The maximum Gasteiger partial charge on any atom is 0.192 e. The molecule has 0 spiro atoms. The van der Waals surface area contributed by atoms with E-state index in [1.165, 1.54) is 11.6 Å². The molecule has 0 unspecified atom stereocenters. The lowest BCUT2D eigenvalue weighted by molar-refractivity contribution is 0.396. The molecule has 4 aromatic rings. The van der Waals surface area contributed by atoms with E-state index >= 15 is 4.39 Å². The van der Waals surface area contributed by atoms with Crippen LogP contribution >= 0.6 is 0 Å². The van der Waals surface area contributed by atoms with Crippen LogP contribution in [0.2, 0.25) is 0 Å². The number of benzene rings is 3. The first-order valence-electron chi connectivity index (χ1n) is 18.0. The molecule has 0 bridgehead atoms. The highest BCUT2D eigenvalue weighted by Gasteiger charge is 2.27. The summed E-state index contributed by atoms with van der Waals surface area (Å²) in [5.41, 5.74) is 17.1. The van der Waals surface area contributed by atoms with Crippen molar-refractivity contribution < 1.29 is 4.39 Å². The van der Waals surface area contributed by atoms with Gasteiger partial charge in [0.05, 0.1) is 11.2 Å². The summed E-state index contributed by atoms with van der Waals surface area (Å²) in [7, 11) is 8.22. The Morgan fingerprint density at radius 1 is 0.920 bits per heavy atom. The molecule has 3 heterocycles. The Hall–Kier alpha value is -4.34. The van der Waals surface area contributed by atoms with Gasteiger partial charge in [-0.1, -0.05) is 34.3 Å². The maximum atomic E-state index is 15.5. The molecule has 0 aliphatic carbocycles. The predicted octanol–water partition coefficient (Wildman–Crippen LogP) is 8.05. The first-order chi connectivity index (χ1) is 23.9. The number of pyridine rings is 1. The van der Waals surface area contributed by atoms with Gasteiger partial charge in [-0.25, -0.2) is 4.39 Å². The van der Waals surface area contributed by atoms with Crippen LogP contribution in [0.5, 0.6) is 0 Å². The molecular formula is C41H60FN7O. The van der Waals surface area contributed by atoms with Gasteiger partial charge in [0, 0.05) is 83.6 Å². The SMILES string of the molecule is C=C(C)NCCN(C)C.CC.CC.Cc1cn2c3c(c(NCCCCN(C)C)c(F)cc3c1=O)Cc1cc3c(cc1-2)Cc1cc(N)ccc1N3. The average Bonchev–Trinajstić information content (AvgIpc) is 3.07. The van der Waals surface area contributed by atoms with Gasteiger partial charge in [-0.05, 0) is 115 Å². The van der Waals surface area contributed by atoms with Crippen LogP contribution in [0.15, 0.2) is 59.7 Å². The fourth-order valence-electron chi connectivity index (χ4n) is 6.21. The third-order valence-electron chi connectivity index (χ3n) is 8.55. The molecule has 0 saturated carbocycles. The summed E-state index contributed by atoms with van der Waals surface area (Å²) in [6, 6.07) is 11.7. The Kier molecular flexibility index (Phi) is 14.9. The normalized spacial score (nSPS) is 11.8. The molecule has 0 atom stereocenters. The van der Waals surface area contributed by atoms with Crippen LogP contribution in [0, 0.1) is 12.7 Å². The van der Waals surface area contributed by atoms with Crippen molar-refractivity contribution in [3.8, 4) is 5.69 Å². The lowest BCUT2D eigenvalue weighted by atomic mass is 9.89. The number of nitrogens with two attached hydrogens (primary N) is 1. The zero-order chi connectivity index (χ0) is 37.1. The Labute approximate surface area is 299 Å². The predicted molar refractivity (Wildman–Crippen MR) is 214 cm³/mol. The lowest BCUT2D eigenvalue weighted by Gasteiger charge is -2.29. The summed E-state index contributed by atoms with van der Waals surface area (Å²) in [6.45, 7) is 19.2. The molecule has 9 heteroatoms. The number of aryl methyl sites for hydroxylation is 1. The van der Waals surface area contributed by atoms with E-state index in [9.17, 15) is 4.79 Å². The molecule has 2 aliphatic rings. The molecule has 3 aromatic carbocycles. The zero-order valence-corrected chi connectivity index (χ0v) is 32.1. The summed E-state index contributed by atoms with van der Waals surface area (Å²) in [6.07, 6.45) is 5.19. The van der Waals surface area contributed by atoms with Crippen LogP contribution in [0.3, 0.4) is 0 Å². The van der Waals surface area contributed by atoms with E-state index in [-0.39, 0.29) is 11.2 Å². The van der Waals surface area contributed by atoms with Crippen LogP contribution in [0.25, 0.3) is 16.6 Å². The molecule has 0 saturated heterocycles. The van der Waals surface area contributed by atoms with Crippen molar-refractivity contribution in [3.05, 3.63) is 98.7 Å².